The van der Waals surface area contributed by atoms with Gasteiger partial charge in [-0.25, -0.2) is 4.79 Å². The van der Waals surface area contributed by atoms with E-state index in [9.17, 15) is 19.2 Å². The predicted octanol–water partition coefficient (Wildman–Crippen LogP) is 6.54. The van der Waals surface area contributed by atoms with Crippen molar-refractivity contribution in [2.45, 2.75) is 149 Å². The highest BCUT2D eigenvalue weighted by Gasteiger charge is 2.27. The normalized spacial score (nSPS) is 17.2. The number of carbonyl (C=O) groups is 4. The minimum absolute atomic E-state index is 0.0000793. The number of amides is 4. The van der Waals surface area contributed by atoms with Crippen molar-refractivity contribution in [3.05, 3.63) is 35.9 Å². The van der Waals surface area contributed by atoms with Gasteiger partial charge in [0.25, 0.3) is 0 Å². The van der Waals surface area contributed by atoms with Crippen LogP contribution in [0.2, 0.25) is 0 Å². The van der Waals surface area contributed by atoms with Gasteiger partial charge in [0.05, 0.1) is 0 Å². The van der Waals surface area contributed by atoms with E-state index >= 15 is 0 Å². The van der Waals surface area contributed by atoms with Crippen molar-refractivity contribution in [3.8, 4) is 0 Å². The Morgan fingerprint density at radius 3 is 1.95 bits per heavy atom. The van der Waals surface area contributed by atoms with Gasteiger partial charge >= 0.3 is 6.09 Å². The SMILES string of the molecule is CCC(C)C(NC(=O)OCc1ccccc1)C(=O)NC.CCCCCCCCCCCC(=O)N[C@@H]1CCCC[C@H]1NC(C)=O. The fourth-order valence-electron chi connectivity index (χ4n) is 5.36. The molecule has 9 heteroatoms. The third-order valence-corrected chi connectivity index (χ3v) is 8.24. The second kappa shape index (κ2) is 24.2. The van der Waals surface area contributed by atoms with Gasteiger partial charge in [0, 0.05) is 32.5 Å². The van der Waals surface area contributed by atoms with E-state index in [1.54, 1.807) is 14.0 Å². The molecule has 0 spiro atoms. The summed E-state index contributed by atoms with van der Waals surface area (Å²) in [7, 11) is 1.55. The van der Waals surface area contributed by atoms with E-state index < -0.39 is 12.1 Å². The van der Waals surface area contributed by atoms with E-state index in [0.717, 1.165) is 50.5 Å². The zero-order chi connectivity index (χ0) is 32.6. The molecule has 1 aliphatic rings. The highest BCUT2D eigenvalue weighted by Crippen LogP contribution is 2.19. The molecule has 2 unspecified atom stereocenters. The zero-order valence-corrected chi connectivity index (χ0v) is 28.1. The van der Waals surface area contributed by atoms with Crippen LogP contribution in [0.1, 0.15) is 130 Å². The van der Waals surface area contributed by atoms with Gasteiger partial charge in [-0.2, -0.15) is 0 Å². The van der Waals surface area contributed by atoms with Crippen molar-refractivity contribution in [3.63, 3.8) is 0 Å². The number of benzene rings is 1. The maximum Gasteiger partial charge on any atom is 0.408 e. The first kappa shape index (κ1) is 38.9. The van der Waals surface area contributed by atoms with Crippen LogP contribution in [0.5, 0.6) is 0 Å². The second-order valence-corrected chi connectivity index (χ2v) is 12.0. The standard InChI is InChI=1S/C20H38N2O2.C15H22N2O3/c1-3-4-5-6-7-8-9-10-11-16-20(24)22-19-15-13-12-14-18(19)21-17(2)23;1-4-11(2)13(14(18)16-3)17-15(19)20-10-12-8-6-5-7-9-12/h18-19H,3-16H2,1-2H3,(H,21,23)(H,22,24);5-9,11,13H,4,10H2,1-3H3,(H,16,18)(H,17,19)/t18-,19-;/m1./s1. The quantitative estimate of drug-likeness (QED) is 0.139. The Hall–Kier alpha value is -3.10. The van der Waals surface area contributed by atoms with Crippen LogP contribution < -0.4 is 21.3 Å². The Bertz CT molecular complexity index is 942. The van der Waals surface area contributed by atoms with E-state index in [4.69, 9.17) is 4.74 Å². The summed E-state index contributed by atoms with van der Waals surface area (Å²) >= 11 is 0. The maximum absolute atomic E-state index is 12.1. The van der Waals surface area contributed by atoms with Crippen molar-refractivity contribution < 1.29 is 23.9 Å². The minimum atomic E-state index is -0.581. The number of likely N-dealkylation sites (N-methyl/N-ethyl adjacent to an activating group) is 1. The molecule has 1 aliphatic carbocycles. The van der Waals surface area contributed by atoms with Gasteiger partial charge in [0.2, 0.25) is 17.7 Å². The number of hydrogen-bond donors (Lipinski definition) is 4. The van der Waals surface area contributed by atoms with Crippen molar-refractivity contribution >= 4 is 23.8 Å². The second-order valence-electron chi connectivity index (χ2n) is 12.0. The van der Waals surface area contributed by atoms with Crippen molar-refractivity contribution in [2.75, 3.05) is 7.05 Å². The summed E-state index contributed by atoms with van der Waals surface area (Å²) in [6.45, 7) is 7.87. The lowest BCUT2D eigenvalue weighted by molar-refractivity contribution is -0.124. The largest absolute Gasteiger partial charge is 0.445 e. The molecule has 0 radical (unpaired) electrons. The van der Waals surface area contributed by atoms with Gasteiger partial charge in [0.1, 0.15) is 12.6 Å². The molecule has 4 atom stereocenters. The Kier molecular flexibility index (Phi) is 21.5. The van der Waals surface area contributed by atoms with Crippen LogP contribution in [0.3, 0.4) is 0 Å². The van der Waals surface area contributed by atoms with E-state index in [-0.39, 0.29) is 42.3 Å². The van der Waals surface area contributed by atoms with E-state index in [1.807, 2.05) is 44.2 Å². The molecule has 0 bridgehead atoms. The molecule has 1 aromatic carbocycles. The highest BCUT2D eigenvalue weighted by molar-refractivity contribution is 5.85. The molecule has 9 nitrogen and oxygen atoms in total. The average Bonchev–Trinajstić information content (AvgIpc) is 3.02. The van der Waals surface area contributed by atoms with Crippen molar-refractivity contribution in [1.29, 1.82) is 0 Å². The Labute approximate surface area is 266 Å². The number of hydrogen-bond acceptors (Lipinski definition) is 5. The van der Waals surface area contributed by atoms with E-state index in [1.165, 1.54) is 44.9 Å². The summed E-state index contributed by atoms with van der Waals surface area (Å²) in [6.07, 6.45) is 16.5. The molecule has 44 heavy (non-hydrogen) atoms. The number of carbonyl (C=O) groups excluding carboxylic acids is 4. The first-order chi connectivity index (χ1) is 21.2. The number of unbranched alkanes of at least 4 members (excludes halogenated alkanes) is 8. The third kappa shape index (κ3) is 17.9. The summed E-state index contributed by atoms with van der Waals surface area (Å²) in [5.41, 5.74) is 0.905. The number of nitrogens with one attached hydrogen (secondary N) is 4. The van der Waals surface area contributed by atoms with Crippen LogP contribution in [0.4, 0.5) is 4.79 Å². The van der Waals surface area contributed by atoms with Gasteiger partial charge in [-0.1, -0.05) is 122 Å². The lowest BCUT2D eigenvalue weighted by atomic mass is 9.90. The predicted molar refractivity (Wildman–Crippen MR) is 177 cm³/mol. The fraction of sp³-hybridized carbons (Fsp3) is 0.714. The number of alkyl carbamates (subject to hydrolysis) is 1. The van der Waals surface area contributed by atoms with Crippen LogP contribution in [-0.2, 0) is 25.7 Å². The lowest BCUT2D eigenvalue weighted by Gasteiger charge is -2.32. The molecule has 0 aromatic heterocycles. The molecule has 250 valence electrons. The lowest BCUT2D eigenvalue weighted by Crippen LogP contribution is -2.52. The van der Waals surface area contributed by atoms with Gasteiger partial charge in [-0.3, -0.25) is 14.4 Å². The topological polar surface area (TPSA) is 126 Å². The summed E-state index contributed by atoms with van der Waals surface area (Å²) in [4.78, 5) is 46.9. The van der Waals surface area contributed by atoms with Crippen molar-refractivity contribution in [1.82, 2.24) is 21.3 Å². The molecule has 0 saturated heterocycles. The molecular formula is C35H60N4O5. The van der Waals surface area contributed by atoms with Crippen LogP contribution >= 0.6 is 0 Å². The Balaban J connectivity index is 0.000000447. The average molecular weight is 617 g/mol. The molecule has 1 aromatic rings. The fourth-order valence-corrected chi connectivity index (χ4v) is 5.36. The van der Waals surface area contributed by atoms with Crippen LogP contribution in [0.15, 0.2) is 30.3 Å². The first-order valence-electron chi connectivity index (χ1n) is 17.0. The smallest absolute Gasteiger partial charge is 0.408 e. The van der Waals surface area contributed by atoms with Gasteiger partial charge < -0.3 is 26.0 Å². The summed E-state index contributed by atoms with van der Waals surface area (Å²) in [5, 5.41) is 11.3. The van der Waals surface area contributed by atoms with Crippen LogP contribution in [0.25, 0.3) is 0 Å². The molecule has 0 aliphatic heterocycles. The minimum Gasteiger partial charge on any atom is -0.445 e. The Morgan fingerprint density at radius 2 is 1.41 bits per heavy atom. The summed E-state index contributed by atoms with van der Waals surface area (Å²) < 4.78 is 5.12. The van der Waals surface area contributed by atoms with E-state index in [2.05, 4.69) is 28.2 Å². The number of ether oxygens (including phenoxy) is 1. The van der Waals surface area contributed by atoms with Crippen LogP contribution in [0, 0.1) is 5.92 Å². The highest BCUT2D eigenvalue weighted by atomic mass is 16.5. The first-order valence-corrected chi connectivity index (χ1v) is 17.0. The molecule has 2 rings (SSSR count). The van der Waals surface area contributed by atoms with Crippen molar-refractivity contribution in [2.24, 2.45) is 5.92 Å². The third-order valence-electron chi connectivity index (χ3n) is 8.24. The summed E-state index contributed by atoms with van der Waals surface area (Å²) in [6, 6.07) is 9.06. The molecule has 1 saturated carbocycles. The molecule has 4 N–H and O–H groups in total. The van der Waals surface area contributed by atoms with Crippen LogP contribution in [-0.4, -0.2) is 49.0 Å². The molecule has 4 amide bonds. The van der Waals surface area contributed by atoms with Gasteiger partial charge in [0.15, 0.2) is 0 Å². The number of rotatable bonds is 18. The molecular weight excluding hydrogens is 556 g/mol. The summed E-state index contributed by atoms with van der Waals surface area (Å²) in [5.74, 6) is -0.0180. The molecule has 0 heterocycles. The monoisotopic (exact) mass is 616 g/mol. The molecule has 1 fully saturated rings. The Morgan fingerprint density at radius 1 is 0.841 bits per heavy atom. The zero-order valence-electron chi connectivity index (χ0n) is 28.1. The van der Waals surface area contributed by atoms with Gasteiger partial charge in [-0.05, 0) is 30.7 Å². The van der Waals surface area contributed by atoms with E-state index in [0.29, 0.717) is 6.42 Å². The van der Waals surface area contributed by atoms with Gasteiger partial charge in [-0.15, -0.1) is 0 Å². The maximum atomic E-state index is 12.1.